The quantitative estimate of drug-likeness (QED) is 0.0806. The van der Waals surface area contributed by atoms with Crippen LogP contribution in [0.4, 0.5) is 42.9 Å². The molecule has 0 amide bonds. The maximum atomic E-state index is 15.8. The first kappa shape index (κ1) is 64.3. The van der Waals surface area contributed by atoms with E-state index in [0.717, 1.165) is 123 Å². The van der Waals surface area contributed by atoms with Crippen molar-refractivity contribution in [2.45, 2.75) is 51.7 Å². The van der Waals surface area contributed by atoms with E-state index in [9.17, 15) is 0 Å². The molecule has 4 nitrogen and oxygen atoms in total. The Morgan fingerprint density at radius 2 is 0.676 bits per heavy atom. The molecule has 102 heavy (non-hydrogen) atoms. The summed E-state index contributed by atoms with van der Waals surface area (Å²) in [4.78, 5) is 4.31. The molecule has 14 aromatic rings. The van der Waals surface area contributed by atoms with Crippen LogP contribution in [-0.2, 0) is 24.0 Å². The zero-order valence-electron chi connectivity index (χ0n) is 57.5. The smallest absolute Gasteiger partial charge is 0.125 e. The van der Waals surface area contributed by atoms with Gasteiger partial charge in [0.05, 0.1) is 10.8 Å². The minimum Gasteiger partial charge on any atom is -0.489 e. The maximum absolute atomic E-state index is 15.8. The van der Waals surface area contributed by atoms with E-state index in [1.54, 1.807) is 24.3 Å². The zero-order valence-corrected chi connectivity index (χ0v) is 57.5. The number of hydrogen-bond donors (Lipinski definition) is 0. The summed E-state index contributed by atoms with van der Waals surface area (Å²) >= 11 is 0. The Morgan fingerprint density at radius 3 is 1.06 bits per heavy atom. The number of aryl methyl sites for hydroxylation is 4. The SMILES string of the molecule is C=Cc1ccc(COc2ccc(C3(c4cc(C)ccc4C)c4ccccc4-c4ccc(N(c5ccc(-c6ccc(N(c7cccc(F)c7)c7ccc8c(c7)C(c7ccc(OCc9ccc(C=C)cc9)cc7)(c7cc(C)ccc7C)c7ccccc7-8)cc6)cc5)c5cccc(F)c5)cc43)cc2)cc1. The van der Waals surface area contributed by atoms with Crippen molar-refractivity contribution in [3.63, 3.8) is 0 Å². The summed E-state index contributed by atoms with van der Waals surface area (Å²) in [6, 6.07) is 109. The average molecular weight is 1330 g/mol. The van der Waals surface area contributed by atoms with Gasteiger partial charge in [0.15, 0.2) is 0 Å². The van der Waals surface area contributed by atoms with Crippen molar-refractivity contribution in [2.75, 3.05) is 9.80 Å². The van der Waals surface area contributed by atoms with E-state index in [2.05, 4.69) is 318 Å². The van der Waals surface area contributed by atoms with Crippen molar-refractivity contribution in [3.8, 4) is 44.9 Å². The molecule has 14 aromatic carbocycles. The van der Waals surface area contributed by atoms with Crippen LogP contribution in [0, 0.1) is 39.3 Å². The van der Waals surface area contributed by atoms with Gasteiger partial charge < -0.3 is 19.3 Å². The molecule has 0 aromatic heterocycles. The predicted octanol–water partition coefficient (Wildman–Crippen LogP) is 25.0. The van der Waals surface area contributed by atoms with Crippen LogP contribution in [0.25, 0.3) is 45.5 Å². The number of halogens is 2. The van der Waals surface area contributed by atoms with Gasteiger partial charge in [-0.15, -0.1) is 0 Å². The molecule has 6 heteroatoms. The van der Waals surface area contributed by atoms with Gasteiger partial charge in [0.25, 0.3) is 0 Å². The fourth-order valence-electron chi connectivity index (χ4n) is 15.8. The summed E-state index contributed by atoms with van der Waals surface area (Å²) in [5.41, 5.74) is 28.1. The van der Waals surface area contributed by atoms with E-state index in [4.69, 9.17) is 9.47 Å². The third-order valence-corrected chi connectivity index (χ3v) is 20.7. The number of nitrogens with zero attached hydrogens (tertiary/aromatic N) is 2. The Labute approximate surface area is 596 Å². The highest BCUT2D eigenvalue weighted by molar-refractivity contribution is 5.92. The van der Waals surface area contributed by atoms with Gasteiger partial charge in [-0.25, -0.2) is 8.78 Å². The van der Waals surface area contributed by atoms with Crippen LogP contribution in [0.1, 0.15) is 89.0 Å². The highest BCUT2D eigenvalue weighted by atomic mass is 19.1. The summed E-state index contributed by atoms with van der Waals surface area (Å²) in [6.07, 6.45) is 3.69. The second-order valence-electron chi connectivity index (χ2n) is 26.9. The van der Waals surface area contributed by atoms with Gasteiger partial charge in [0.2, 0.25) is 0 Å². The number of fused-ring (bicyclic) bond motifs is 6. The minimum atomic E-state index is -0.744. The first-order valence-corrected chi connectivity index (χ1v) is 34.7. The van der Waals surface area contributed by atoms with Crippen LogP contribution in [0.15, 0.2) is 329 Å². The van der Waals surface area contributed by atoms with E-state index >= 15 is 8.78 Å². The Balaban J connectivity index is 0.762. The zero-order chi connectivity index (χ0) is 69.6. The predicted molar refractivity (Wildman–Crippen MR) is 416 cm³/mol. The van der Waals surface area contributed by atoms with Crippen molar-refractivity contribution in [2.24, 2.45) is 0 Å². The summed E-state index contributed by atoms with van der Waals surface area (Å²) in [5, 5.41) is 0. The third-order valence-electron chi connectivity index (χ3n) is 20.7. The summed E-state index contributed by atoms with van der Waals surface area (Å²) in [5.74, 6) is 0.884. The Kier molecular flexibility index (Phi) is 16.8. The van der Waals surface area contributed by atoms with E-state index in [-0.39, 0.29) is 11.6 Å². The molecule has 0 radical (unpaired) electrons. The Bertz CT molecular complexity index is 5160. The lowest BCUT2D eigenvalue weighted by atomic mass is 9.66. The van der Waals surface area contributed by atoms with Gasteiger partial charge in [-0.05, 0) is 248 Å². The molecule has 2 unspecified atom stereocenters. The summed E-state index contributed by atoms with van der Waals surface area (Å²) < 4.78 is 44.4. The monoisotopic (exact) mass is 1320 g/mol. The van der Waals surface area contributed by atoms with Crippen LogP contribution in [0.2, 0.25) is 0 Å². The number of rotatable bonds is 19. The third kappa shape index (κ3) is 11.4. The molecule has 0 fully saturated rings. The van der Waals surface area contributed by atoms with Gasteiger partial charge in [-0.3, -0.25) is 0 Å². The number of anilines is 6. The van der Waals surface area contributed by atoms with Gasteiger partial charge in [-0.1, -0.05) is 243 Å². The number of benzene rings is 14. The second-order valence-corrected chi connectivity index (χ2v) is 26.9. The average Bonchev–Trinajstić information content (AvgIpc) is 1.53. The largest absolute Gasteiger partial charge is 0.489 e. The summed E-state index contributed by atoms with van der Waals surface area (Å²) in [6.45, 7) is 17.4. The molecule has 16 rings (SSSR count). The lowest BCUT2D eigenvalue weighted by molar-refractivity contribution is 0.306. The Hall–Kier alpha value is -12.4. The molecular weight excluding hydrogens is 1250 g/mol. The first-order chi connectivity index (χ1) is 49.9. The van der Waals surface area contributed by atoms with Crippen molar-refractivity contribution < 1.29 is 18.3 Å². The topological polar surface area (TPSA) is 24.9 Å². The fourth-order valence-corrected chi connectivity index (χ4v) is 15.8. The van der Waals surface area contributed by atoms with E-state index in [1.807, 2.05) is 24.3 Å². The van der Waals surface area contributed by atoms with Gasteiger partial charge in [-0.2, -0.15) is 0 Å². The molecule has 494 valence electrons. The molecule has 0 saturated heterocycles. The first-order valence-electron chi connectivity index (χ1n) is 34.7. The lowest BCUT2D eigenvalue weighted by Crippen LogP contribution is -2.30. The molecule has 0 N–H and O–H groups in total. The Morgan fingerprint density at radius 1 is 0.314 bits per heavy atom. The molecule has 2 aliphatic rings. The molecule has 0 heterocycles. The van der Waals surface area contributed by atoms with Crippen LogP contribution in [-0.4, -0.2) is 0 Å². The molecular formula is C96H74F2N2O2. The number of hydrogen-bond acceptors (Lipinski definition) is 4. The van der Waals surface area contributed by atoms with Gasteiger partial charge >= 0.3 is 0 Å². The van der Waals surface area contributed by atoms with Crippen LogP contribution >= 0.6 is 0 Å². The van der Waals surface area contributed by atoms with Gasteiger partial charge in [0.1, 0.15) is 36.3 Å². The lowest BCUT2D eigenvalue weighted by Gasteiger charge is -2.36. The van der Waals surface area contributed by atoms with E-state index < -0.39 is 10.8 Å². The minimum absolute atomic E-state index is 0.333. The van der Waals surface area contributed by atoms with E-state index in [1.165, 1.54) is 45.5 Å². The highest BCUT2D eigenvalue weighted by Crippen LogP contribution is 2.60. The van der Waals surface area contributed by atoms with Crippen molar-refractivity contribution in [1.82, 2.24) is 0 Å². The van der Waals surface area contributed by atoms with Crippen molar-refractivity contribution in [3.05, 3.63) is 429 Å². The highest BCUT2D eigenvalue weighted by Gasteiger charge is 2.49. The van der Waals surface area contributed by atoms with Crippen molar-refractivity contribution in [1.29, 1.82) is 0 Å². The molecule has 0 bridgehead atoms. The molecule has 0 spiro atoms. The molecule has 2 aliphatic carbocycles. The standard InChI is InChI=1S/C96H74F2N2O2/c1-7-67-27-31-69(32-28-67)61-101-83-49-39-73(40-50-83)95(91-55-63(3)23-25-65(91)5)89-21-11-9-19-85(89)87-53-47-81(59-93(87)95)99(79-17-13-15-75(97)57-79)77-43-35-71(36-44-77)72-37-45-78(46-38-72)100(80-18-14-16-76(98)58-80)82-48-54-88-86-20-10-12-22-90(86)96(94(88)60-82,92-56-64(4)24-26-66(92)6)74-41-51-84(52-42-74)102-62-70-33-29-68(8-2)30-34-70/h7-60H,1-2,61-62H2,3-6H3. The maximum Gasteiger partial charge on any atom is 0.125 e. The van der Waals surface area contributed by atoms with Crippen LogP contribution < -0.4 is 19.3 Å². The fraction of sp³-hybridized carbons (Fsp3) is 0.0833. The normalized spacial score (nSPS) is 14.6. The van der Waals surface area contributed by atoms with Crippen LogP contribution in [0.5, 0.6) is 11.5 Å². The second kappa shape index (κ2) is 26.7. The molecule has 0 aliphatic heterocycles. The van der Waals surface area contributed by atoms with Gasteiger partial charge in [0, 0.05) is 34.1 Å². The van der Waals surface area contributed by atoms with Crippen LogP contribution in [0.3, 0.4) is 0 Å². The molecule has 0 saturated carbocycles. The summed E-state index contributed by atoms with van der Waals surface area (Å²) in [7, 11) is 0. The van der Waals surface area contributed by atoms with E-state index in [0.29, 0.717) is 24.6 Å². The number of ether oxygens (including phenoxy) is 2. The molecule has 2 atom stereocenters. The van der Waals surface area contributed by atoms with Crippen molar-refractivity contribution >= 4 is 46.3 Å².